The van der Waals surface area contributed by atoms with Gasteiger partial charge in [0.1, 0.15) is 0 Å². The quantitative estimate of drug-likeness (QED) is 0.638. The van der Waals surface area contributed by atoms with Crippen molar-refractivity contribution in [3.8, 4) is 0 Å². The van der Waals surface area contributed by atoms with Crippen molar-refractivity contribution in [2.75, 3.05) is 0 Å². The van der Waals surface area contributed by atoms with Gasteiger partial charge in [-0.3, -0.25) is 4.79 Å². The van der Waals surface area contributed by atoms with Crippen LogP contribution in [0.15, 0.2) is 12.3 Å². The number of fused-ring (bicyclic) bond motifs is 1. The van der Waals surface area contributed by atoms with E-state index in [1.54, 1.807) is 11.1 Å². The minimum absolute atomic E-state index is 0.00176. The summed E-state index contributed by atoms with van der Waals surface area (Å²) >= 11 is 0. The van der Waals surface area contributed by atoms with Crippen LogP contribution >= 0.6 is 0 Å². The molecule has 1 aliphatic heterocycles. The van der Waals surface area contributed by atoms with Crippen LogP contribution in [0, 0.1) is 0 Å². The molecule has 68 valence electrons. The normalized spacial score (nSPS) is 15.3. The third-order valence-corrected chi connectivity index (χ3v) is 2.23. The van der Waals surface area contributed by atoms with E-state index in [2.05, 4.69) is 10.2 Å². The molecule has 1 aromatic heterocycles. The van der Waals surface area contributed by atoms with Crippen LogP contribution in [0.2, 0.25) is 0 Å². The van der Waals surface area contributed by atoms with Crippen molar-refractivity contribution in [1.82, 2.24) is 15.1 Å². The molecule has 1 aromatic rings. The molecular weight excluding hydrogens is 166 g/mol. The molecule has 0 aromatic carbocycles. The van der Waals surface area contributed by atoms with Gasteiger partial charge in [0.25, 0.3) is 5.91 Å². The lowest BCUT2D eigenvalue weighted by atomic mass is 10.2. The lowest BCUT2D eigenvalue weighted by Gasteiger charge is -2.19. The van der Waals surface area contributed by atoms with Crippen LogP contribution in [0.3, 0.4) is 0 Å². The Bertz CT molecular complexity index is 348. The van der Waals surface area contributed by atoms with Crippen LogP contribution in [-0.4, -0.2) is 27.0 Å². The largest absolute Gasteiger partial charge is 0.330 e. The zero-order valence-corrected chi connectivity index (χ0v) is 7.69. The predicted octanol–water partition coefficient (Wildman–Crippen LogP) is 0.841. The maximum Gasteiger partial charge on any atom is 0.275 e. The van der Waals surface area contributed by atoms with Crippen molar-refractivity contribution in [2.24, 2.45) is 0 Å². The van der Waals surface area contributed by atoms with Gasteiger partial charge in [0, 0.05) is 24.3 Å². The lowest BCUT2D eigenvalue weighted by molar-refractivity contribution is 0.0726. The summed E-state index contributed by atoms with van der Waals surface area (Å²) in [5.41, 5.74) is 1.49. The molecule has 0 radical (unpaired) electrons. The molecule has 0 aliphatic carbocycles. The van der Waals surface area contributed by atoms with Gasteiger partial charge in [-0.1, -0.05) is 0 Å². The molecule has 1 amide bonds. The van der Waals surface area contributed by atoms with Gasteiger partial charge in [-0.25, -0.2) is 0 Å². The minimum atomic E-state index is -0.00176. The maximum atomic E-state index is 11.7. The Kier molecular flexibility index (Phi) is 1.76. The number of hydrogen-bond acceptors (Lipinski definition) is 3. The fourth-order valence-corrected chi connectivity index (χ4v) is 1.47. The molecule has 2 heterocycles. The summed E-state index contributed by atoms with van der Waals surface area (Å²) in [7, 11) is 0. The Labute approximate surface area is 76.6 Å². The van der Waals surface area contributed by atoms with Crippen LogP contribution < -0.4 is 0 Å². The standard InChI is InChI=1S/C9H11N3O/c1-6(2)12-5-7-3-4-10-11-8(7)9(12)13/h3-4,6H,5H2,1-2H3. The average molecular weight is 177 g/mol. The van der Waals surface area contributed by atoms with Gasteiger partial charge in [-0.15, -0.1) is 5.10 Å². The molecule has 0 atom stereocenters. The van der Waals surface area contributed by atoms with E-state index < -0.39 is 0 Å². The molecule has 2 rings (SSSR count). The SMILES string of the molecule is CC(C)N1Cc2ccnnc2C1=O. The summed E-state index contributed by atoms with van der Waals surface area (Å²) in [5.74, 6) is -0.00176. The van der Waals surface area contributed by atoms with E-state index in [1.807, 2.05) is 19.9 Å². The molecular formula is C9H11N3O. The zero-order valence-electron chi connectivity index (χ0n) is 7.69. The Morgan fingerprint density at radius 2 is 2.31 bits per heavy atom. The second kappa shape index (κ2) is 2.80. The van der Waals surface area contributed by atoms with Crippen molar-refractivity contribution in [3.63, 3.8) is 0 Å². The highest BCUT2D eigenvalue weighted by atomic mass is 16.2. The first-order chi connectivity index (χ1) is 6.20. The smallest absolute Gasteiger partial charge is 0.275 e. The van der Waals surface area contributed by atoms with Gasteiger partial charge < -0.3 is 4.90 Å². The van der Waals surface area contributed by atoms with E-state index in [9.17, 15) is 4.79 Å². The lowest BCUT2D eigenvalue weighted by Crippen LogP contribution is -2.31. The number of rotatable bonds is 1. The maximum absolute atomic E-state index is 11.7. The molecule has 0 saturated heterocycles. The summed E-state index contributed by atoms with van der Waals surface area (Å²) in [6.07, 6.45) is 1.62. The van der Waals surface area contributed by atoms with Gasteiger partial charge in [0.15, 0.2) is 5.69 Å². The summed E-state index contributed by atoms with van der Waals surface area (Å²) in [4.78, 5) is 13.5. The second-order valence-electron chi connectivity index (χ2n) is 3.43. The first-order valence-corrected chi connectivity index (χ1v) is 4.31. The van der Waals surface area contributed by atoms with E-state index in [1.165, 1.54) is 0 Å². The fraction of sp³-hybridized carbons (Fsp3) is 0.444. The van der Waals surface area contributed by atoms with Gasteiger partial charge in [-0.2, -0.15) is 5.10 Å². The van der Waals surface area contributed by atoms with E-state index in [-0.39, 0.29) is 11.9 Å². The number of hydrogen-bond donors (Lipinski definition) is 0. The second-order valence-corrected chi connectivity index (χ2v) is 3.43. The van der Waals surface area contributed by atoms with Crippen molar-refractivity contribution >= 4 is 5.91 Å². The molecule has 0 fully saturated rings. The number of carbonyl (C=O) groups is 1. The van der Waals surface area contributed by atoms with Crippen molar-refractivity contribution in [1.29, 1.82) is 0 Å². The Hall–Kier alpha value is -1.45. The third-order valence-electron chi connectivity index (χ3n) is 2.23. The first kappa shape index (κ1) is 8.16. The molecule has 4 nitrogen and oxygen atoms in total. The fourth-order valence-electron chi connectivity index (χ4n) is 1.47. The van der Waals surface area contributed by atoms with E-state index in [0.717, 1.165) is 5.56 Å². The van der Waals surface area contributed by atoms with Gasteiger partial charge in [0.05, 0.1) is 0 Å². The van der Waals surface area contributed by atoms with Crippen LogP contribution in [0.4, 0.5) is 0 Å². The highest BCUT2D eigenvalue weighted by Crippen LogP contribution is 2.21. The summed E-state index contributed by atoms with van der Waals surface area (Å²) in [6, 6.07) is 2.07. The molecule has 13 heavy (non-hydrogen) atoms. The third kappa shape index (κ3) is 1.18. The minimum Gasteiger partial charge on any atom is -0.330 e. The molecule has 0 saturated carbocycles. The zero-order chi connectivity index (χ0) is 9.42. The van der Waals surface area contributed by atoms with E-state index >= 15 is 0 Å². The predicted molar refractivity (Wildman–Crippen MR) is 47.0 cm³/mol. The highest BCUT2D eigenvalue weighted by molar-refractivity contribution is 5.96. The number of amides is 1. The summed E-state index contributed by atoms with van der Waals surface area (Å²) < 4.78 is 0. The van der Waals surface area contributed by atoms with Gasteiger partial charge in [-0.05, 0) is 19.9 Å². The van der Waals surface area contributed by atoms with E-state index in [4.69, 9.17) is 0 Å². The molecule has 0 unspecified atom stereocenters. The van der Waals surface area contributed by atoms with Crippen LogP contribution in [0.25, 0.3) is 0 Å². The Balaban J connectivity index is 2.38. The highest BCUT2D eigenvalue weighted by Gasteiger charge is 2.30. The summed E-state index contributed by atoms with van der Waals surface area (Å²) in [6.45, 7) is 4.66. The van der Waals surface area contributed by atoms with Crippen molar-refractivity contribution in [3.05, 3.63) is 23.5 Å². The molecule has 4 heteroatoms. The molecule has 0 spiro atoms. The van der Waals surface area contributed by atoms with Crippen molar-refractivity contribution in [2.45, 2.75) is 26.4 Å². The van der Waals surface area contributed by atoms with Gasteiger partial charge >= 0.3 is 0 Å². The average Bonchev–Trinajstić information content (AvgIpc) is 2.45. The van der Waals surface area contributed by atoms with Crippen LogP contribution in [-0.2, 0) is 6.54 Å². The molecule has 0 N–H and O–H groups in total. The monoisotopic (exact) mass is 177 g/mol. The number of carbonyl (C=O) groups excluding carboxylic acids is 1. The number of nitrogens with zero attached hydrogens (tertiary/aromatic N) is 3. The Morgan fingerprint density at radius 1 is 1.54 bits per heavy atom. The first-order valence-electron chi connectivity index (χ1n) is 4.31. The van der Waals surface area contributed by atoms with Crippen LogP contribution in [0.1, 0.15) is 29.9 Å². The van der Waals surface area contributed by atoms with Crippen LogP contribution in [0.5, 0.6) is 0 Å². The number of aromatic nitrogens is 2. The Morgan fingerprint density at radius 3 is 2.92 bits per heavy atom. The van der Waals surface area contributed by atoms with E-state index in [0.29, 0.717) is 12.2 Å². The molecule has 0 bridgehead atoms. The molecule has 1 aliphatic rings. The van der Waals surface area contributed by atoms with Crippen molar-refractivity contribution < 1.29 is 4.79 Å². The topological polar surface area (TPSA) is 46.1 Å². The van der Waals surface area contributed by atoms with Gasteiger partial charge in [0.2, 0.25) is 0 Å². The summed E-state index contributed by atoms with van der Waals surface area (Å²) in [5, 5.41) is 7.53.